The van der Waals surface area contributed by atoms with Gasteiger partial charge in [0.1, 0.15) is 0 Å². The van der Waals surface area contributed by atoms with Gasteiger partial charge in [0.25, 0.3) is 0 Å². The van der Waals surface area contributed by atoms with Gasteiger partial charge in [-0.25, -0.2) is 21.9 Å². The highest BCUT2D eigenvalue weighted by Crippen LogP contribution is 2.26. The summed E-state index contributed by atoms with van der Waals surface area (Å²) in [5.41, 5.74) is 0.134. The Morgan fingerprint density at radius 3 is 2.50 bits per heavy atom. The van der Waals surface area contributed by atoms with E-state index in [9.17, 15) is 22.3 Å². The lowest BCUT2D eigenvalue weighted by Gasteiger charge is -2.21. The van der Waals surface area contributed by atoms with Gasteiger partial charge in [0, 0.05) is 6.04 Å². The van der Waals surface area contributed by atoms with Crippen molar-refractivity contribution in [2.45, 2.75) is 44.8 Å². The lowest BCUT2D eigenvalue weighted by Crippen LogP contribution is -2.39. The first-order valence-electron chi connectivity index (χ1n) is 7.41. The van der Waals surface area contributed by atoms with E-state index in [1.807, 2.05) is 0 Å². The monoisotopic (exact) mass is 333 g/mol. The lowest BCUT2D eigenvalue weighted by atomic mass is 10.0. The number of nitrogens with one attached hydrogen (secondary N) is 1. The Morgan fingerprint density at radius 1 is 1.27 bits per heavy atom. The number of hydrogen-bond donors (Lipinski definition) is 2. The summed E-state index contributed by atoms with van der Waals surface area (Å²) in [4.78, 5) is 0. The molecule has 1 saturated carbocycles. The maximum atomic E-state index is 13.2. The van der Waals surface area contributed by atoms with Crippen molar-refractivity contribution in [1.82, 2.24) is 4.72 Å². The molecule has 2 rings (SSSR count). The molecular formula is C15H21F2NO3S. The smallest absolute Gasteiger partial charge is 0.212 e. The molecule has 0 aromatic heterocycles. The van der Waals surface area contributed by atoms with Crippen molar-refractivity contribution >= 4 is 10.0 Å². The average molecular weight is 333 g/mol. The number of halogens is 2. The quantitative estimate of drug-likeness (QED) is 0.840. The molecule has 0 radical (unpaired) electrons. The van der Waals surface area contributed by atoms with Gasteiger partial charge in [-0.3, -0.25) is 0 Å². The molecule has 124 valence electrons. The lowest BCUT2D eigenvalue weighted by molar-refractivity contribution is 0.145. The van der Waals surface area contributed by atoms with Crippen molar-refractivity contribution in [3.63, 3.8) is 0 Å². The number of aliphatic hydroxyl groups excluding tert-OH is 1. The van der Waals surface area contributed by atoms with Crippen molar-refractivity contribution in [2.75, 3.05) is 5.75 Å². The van der Waals surface area contributed by atoms with Crippen molar-refractivity contribution < 1.29 is 22.3 Å². The van der Waals surface area contributed by atoms with Gasteiger partial charge in [0.2, 0.25) is 10.0 Å². The molecule has 22 heavy (non-hydrogen) atoms. The first-order chi connectivity index (χ1) is 10.3. The molecule has 2 atom stereocenters. The summed E-state index contributed by atoms with van der Waals surface area (Å²) >= 11 is 0. The van der Waals surface area contributed by atoms with Crippen LogP contribution < -0.4 is 4.72 Å². The van der Waals surface area contributed by atoms with Crippen LogP contribution in [-0.4, -0.2) is 25.3 Å². The van der Waals surface area contributed by atoms with Gasteiger partial charge in [0.15, 0.2) is 11.6 Å². The molecule has 1 fully saturated rings. The Balaban J connectivity index is 2.00. The molecule has 4 nitrogen and oxygen atoms in total. The predicted octanol–water partition coefficient (Wildman–Crippen LogP) is 2.50. The Kier molecular flexibility index (Phi) is 5.52. The SMILES string of the molecule is CC(NS(=O)(=O)CC1CCCC1)C(O)c1ccc(F)c(F)c1. The Hall–Kier alpha value is -1.05. The summed E-state index contributed by atoms with van der Waals surface area (Å²) in [5.74, 6) is -1.88. The normalized spacial score (nSPS) is 19.3. The molecule has 2 unspecified atom stereocenters. The molecule has 2 N–H and O–H groups in total. The van der Waals surface area contributed by atoms with Gasteiger partial charge in [0.05, 0.1) is 11.9 Å². The molecular weight excluding hydrogens is 312 g/mol. The van der Waals surface area contributed by atoms with Gasteiger partial charge in [-0.2, -0.15) is 0 Å². The van der Waals surface area contributed by atoms with Crippen LogP contribution in [0, 0.1) is 17.6 Å². The molecule has 0 heterocycles. The van der Waals surface area contributed by atoms with Gasteiger partial charge in [-0.1, -0.05) is 18.9 Å². The van der Waals surface area contributed by atoms with Gasteiger partial charge in [-0.15, -0.1) is 0 Å². The standard InChI is InChI=1S/C15H21F2NO3S/c1-10(15(19)12-6-7-13(16)14(17)8-12)18-22(20,21)9-11-4-2-3-5-11/h6-8,10-11,15,18-19H,2-5,9H2,1H3. The summed E-state index contributed by atoms with van der Waals surface area (Å²) in [6.07, 6.45) is 2.66. The minimum atomic E-state index is -3.51. The zero-order valence-electron chi connectivity index (χ0n) is 12.4. The second-order valence-corrected chi connectivity index (χ2v) is 7.76. The zero-order chi connectivity index (χ0) is 16.3. The largest absolute Gasteiger partial charge is 0.387 e. The third kappa shape index (κ3) is 4.47. The fourth-order valence-electron chi connectivity index (χ4n) is 2.87. The molecule has 0 bridgehead atoms. The van der Waals surface area contributed by atoms with Crippen molar-refractivity contribution in [2.24, 2.45) is 5.92 Å². The average Bonchev–Trinajstić information content (AvgIpc) is 2.92. The van der Waals surface area contributed by atoms with Crippen LogP contribution >= 0.6 is 0 Å². The van der Waals surface area contributed by atoms with Crippen LogP contribution in [0.4, 0.5) is 8.78 Å². The molecule has 0 amide bonds. The van der Waals surface area contributed by atoms with Gasteiger partial charge >= 0.3 is 0 Å². The van der Waals surface area contributed by atoms with Crippen molar-refractivity contribution in [3.05, 3.63) is 35.4 Å². The minimum absolute atomic E-state index is 0.0435. The second kappa shape index (κ2) is 7.02. The van der Waals surface area contributed by atoms with Crippen LogP contribution in [0.2, 0.25) is 0 Å². The van der Waals surface area contributed by atoms with Crippen molar-refractivity contribution in [1.29, 1.82) is 0 Å². The van der Waals surface area contributed by atoms with Crippen LogP contribution in [0.3, 0.4) is 0 Å². The molecule has 1 aromatic rings. The highest BCUT2D eigenvalue weighted by molar-refractivity contribution is 7.89. The van der Waals surface area contributed by atoms with E-state index in [0.717, 1.165) is 37.8 Å². The Bertz CT molecular complexity index is 615. The van der Waals surface area contributed by atoms with E-state index in [-0.39, 0.29) is 17.2 Å². The Morgan fingerprint density at radius 2 is 1.91 bits per heavy atom. The minimum Gasteiger partial charge on any atom is -0.387 e. The van der Waals surface area contributed by atoms with E-state index < -0.39 is 33.8 Å². The van der Waals surface area contributed by atoms with E-state index >= 15 is 0 Å². The van der Waals surface area contributed by atoms with Crippen LogP contribution in [-0.2, 0) is 10.0 Å². The summed E-state index contributed by atoms with van der Waals surface area (Å²) < 4.78 is 52.7. The number of rotatable bonds is 6. The first-order valence-corrected chi connectivity index (χ1v) is 9.07. The summed E-state index contributed by atoms with van der Waals surface area (Å²) in [5, 5.41) is 10.1. The highest BCUT2D eigenvalue weighted by Gasteiger charge is 2.26. The summed E-state index contributed by atoms with van der Waals surface area (Å²) in [7, 11) is -3.51. The van der Waals surface area contributed by atoms with Crippen LogP contribution in [0.5, 0.6) is 0 Å². The maximum Gasteiger partial charge on any atom is 0.212 e. The highest BCUT2D eigenvalue weighted by atomic mass is 32.2. The fourth-order valence-corrected chi connectivity index (χ4v) is 4.61. The topological polar surface area (TPSA) is 66.4 Å². The van der Waals surface area contributed by atoms with E-state index in [0.29, 0.717) is 0 Å². The summed E-state index contributed by atoms with van der Waals surface area (Å²) in [6, 6.07) is 2.21. The second-order valence-electron chi connectivity index (χ2n) is 5.96. The molecule has 1 aliphatic carbocycles. The van der Waals surface area contributed by atoms with Gasteiger partial charge < -0.3 is 5.11 Å². The fraction of sp³-hybridized carbons (Fsp3) is 0.600. The predicted molar refractivity (Wildman–Crippen MR) is 79.7 cm³/mol. The Labute approximate surface area is 129 Å². The third-order valence-electron chi connectivity index (χ3n) is 4.05. The van der Waals surface area contributed by atoms with Crippen LogP contribution in [0.1, 0.15) is 44.3 Å². The molecule has 1 aromatic carbocycles. The molecule has 0 saturated heterocycles. The number of aliphatic hydroxyl groups is 1. The third-order valence-corrected chi connectivity index (χ3v) is 5.70. The first kappa shape index (κ1) is 17.3. The molecule has 7 heteroatoms. The maximum absolute atomic E-state index is 13.2. The molecule has 1 aliphatic rings. The number of hydrogen-bond acceptors (Lipinski definition) is 3. The van der Waals surface area contributed by atoms with E-state index in [1.165, 1.54) is 13.0 Å². The number of sulfonamides is 1. The molecule has 0 spiro atoms. The zero-order valence-corrected chi connectivity index (χ0v) is 13.2. The molecule has 0 aliphatic heterocycles. The summed E-state index contributed by atoms with van der Waals surface area (Å²) in [6.45, 7) is 1.50. The van der Waals surface area contributed by atoms with Crippen LogP contribution in [0.15, 0.2) is 18.2 Å². The van der Waals surface area contributed by atoms with E-state index in [1.54, 1.807) is 0 Å². The van der Waals surface area contributed by atoms with Crippen molar-refractivity contribution in [3.8, 4) is 0 Å². The number of benzene rings is 1. The van der Waals surface area contributed by atoms with Gasteiger partial charge in [-0.05, 0) is 43.4 Å². The van der Waals surface area contributed by atoms with Crippen LogP contribution in [0.25, 0.3) is 0 Å². The van der Waals surface area contributed by atoms with E-state index in [4.69, 9.17) is 0 Å². The van der Waals surface area contributed by atoms with E-state index in [2.05, 4.69) is 4.72 Å².